The van der Waals surface area contributed by atoms with Gasteiger partial charge in [0.25, 0.3) is 0 Å². The Hall–Kier alpha value is -1.09. The van der Waals surface area contributed by atoms with Gasteiger partial charge in [-0.3, -0.25) is 0 Å². The molecule has 0 saturated heterocycles. The van der Waals surface area contributed by atoms with Crippen molar-refractivity contribution in [3.05, 3.63) is 29.6 Å². The molecule has 3 heteroatoms. The zero-order valence-electron chi connectivity index (χ0n) is 12.7. The highest BCUT2D eigenvalue weighted by Crippen LogP contribution is 2.31. The average molecular weight is 278 g/mol. The van der Waals surface area contributed by atoms with Crippen LogP contribution in [0.2, 0.25) is 0 Å². The van der Waals surface area contributed by atoms with Crippen LogP contribution in [0.3, 0.4) is 0 Å². The van der Waals surface area contributed by atoms with Gasteiger partial charge in [0.05, 0.1) is 5.69 Å². The van der Waals surface area contributed by atoms with Gasteiger partial charge in [-0.15, -0.1) is 0 Å². The van der Waals surface area contributed by atoms with Crippen LogP contribution in [0.15, 0.2) is 18.2 Å². The van der Waals surface area contributed by atoms with E-state index in [0.29, 0.717) is 18.5 Å². The molecule has 2 rings (SSSR count). The molecule has 0 unspecified atom stereocenters. The monoisotopic (exact) mass is 278 g/mol. The third-order valence-corrected chi connectivity index (χ3v) is 4.08. The van der Waals surface area contributed by atoms with Gasteiger partial charge in [0.15, 0.2) is 0 Å². The minimum Gasteiger partial charge on any atom is -0.366 e. The van der Waals surface area contributed by atoms with Crippen molar-refractivity contribution in [2.24, 2.45) is 11.7 Å². The molecule has 20 heavy (non-hydrogen) atoms. The number of hydrogen-bond acceptors (Lipinski definition) is 2. The van der Waals surface area contributed by atoms with E-state index in [0.717, 1.165) is 24.2 Å². The summed E-state index contributed by atoms with van der Waals surface area (Å²) in [5.41, 5.74) is 7.30. The van der Waals surface area contributed by atoms with Gasteiger partial charge in [-0.2, -0.15) is 0 Å². The van der Waals surface area contributed by atoms with E-state index in [4.69, 9.17) is 5.73 Å². The maximum absolute atomic E-state index is 14.4. The lowest BCUT2D eigenvalue weighted by Gasteiger charge is -2.33. The first kappa shape index (κ1) is 15.3. The van der Waals surface area contributed by atoms with Crippen LogP contribution < -0.4 is 10.6 Å². The highest BCUT2D eigenvalue weighted by Gasteiger charge is 2.25. The number of hydrogen-bond donors (Lipinski definition) is 1. The van der Waals surface area contributed by atoms with E-state index in [9.17, 15) is 4.39 Å². The quantitative estimate of drug-likeness (QED) is 0.859. The van der Waals surface area contributed by atoms with Gasteiger partial charge in [0.2, 0.25) is 0 Å². The van der Waals surface area contributed by atoms with Crippen molar-refractivity contribution < 1.29 is 4.39 Å². The summed E-state index contributed by atoms with van der Waals surface area (Å²) < 4.78 is 14.4. The van der Waals surface area contributed by atoms with E-state index in [-0.39, 0.29) is 5.82 Å². The van der Waals surface area contributed by atoms with Gasteiger partial charge >= 0.3 is 0 Å². The van der Waals surface area contributed by atoms with E-state index >= 15 is 0 Å². The summed E-state index contributed by atoms with van der Waals surface area (Å²) in [5.74, 6) is 0.446. The summed E-state index contributed by atoms with van der Waals surface area (Å²) in [4.78, 5) is 2.29. The van der Waals surface area contributed by atoms with Crippen LogP contribution in [0.5, 0.6) is 0 Å². The molecule has 112 valence electrons. The zero-order chi connectivity index (χ0) is 14.5. The predicted molar refractivity (Wildman–Crippen MR) is 83.6 cm³/mol. The number of benzene rings is 1. The molecule has 0 spiro atoms. The smallest absolute Gasteiger partial charge is 0.146 e. The SMILES string of the molecule is CC(C)CN(c1ccc(CCN)cc1F)C1CCCC1. The zero-order valence-corrected chi connectivity index (χ0v) is 12.7. The summed E-state index contributed by atoms with van der Waals surface area (Å²) in [6.07, 6.45) is 5.66. The number of anilines is 1. The normalized spacial score (nSPS) is 16.1. The molecule has 0 aliphatic heterocycles. The molecule has 1 aliphatic carbocycles. The van der Waals surface area contributed by atoms with E-state index in [2.05, 4.69) is 18.7 Å². The van der Waals surface area contributed by atoms with E-state index in [1.54, 1.807) is 6.07 Å². The van der Waals surface area contributed by atoms with E-state index in [1.807, 2.05) is 12.1 Å². The highest BCUT2D eigenvalue weighted by atomic mass is 19.1. The van der Waals surface area contributed by atoms with Crippen molar-refractivity contribution in [1.29, 1.82) is 0 Å². The van der Waals surface area contributed by atoms with Crippen LogP contribution in [0, 0.1) is 11.7 Å². The average Bonchev–Trinajstić information content (AvgIpc) is 2.90. The molecule has 1 aromatic carbocycles. The van der Waals surface area contributed by atoms with E-state index < -0.39 is 0 Å². The summed E-state index contributed by atoms with van der Waals surface area (Å²) >= 11 is 0. The maximum atomic E-state index is 14.4. The third kappa shape index (κ3) is 3.72. The first-order valence-corrected chi connectivity index (χ1v) is 7.87. The molecule has 1 aromatic rings. The molecule has 1 fully saturated rings. The van der Waals surface area contributed by atoms with Gasteiger partial charge in [-0.1, -0.05) is 32.8 Å². The second kappa shape index (κ2) is 7.07. The lowest BCUT2D eigenvalue weighted by molar-refractivity contribution is 0.520. The van der Waals surface area contributed by atoms with Crippen molar-refractivity contribution in [2.45, 2.75) is 52.0 Å². The lowest BCUT2D eigenvalue weighted by Crippen LogP contribution is -2.37. The van der Waals surface area contributed by atoms with Crippen LogP contribution in [-0.2, 0) is 6.42 Å². The van der Waals surface area contributed by atoms with Crippen LogP contribution in [-0.4, -0.2) is 19.1 Å². The van der Waals surface area contributed by atoms with E-state index in [1.165, 1.54) is 25.7 Å². The fourth-order valence-electron chi connectivity index (χ4n) is 3.16. The molecular formula is C17H27FN2. The molecule has 0 bridgehead atoms. The predicted octanol–water partition coefficient (Wildman–Crippen LogP) is 3.73. The Morgan fingerprint density at radius 3 is 2.55 bits per heavy atom. The number of rotatable bonds is 6. The highest BCUT2D eigenvalue weighted by molar-refractivity contribution is 5.50. The standard InChI is InChI=1S/C17H27FN2/c1-13(2)12-20(15-5-3-4-6-15)17-8-7-14(9-10-19)11-16(17)18/h7-8,11,13,15H,3-6,9-10,12,19H2,1-2H3. The Bertz CT molecular complexity index is 425. The van der Waals surface area contributed by atoms with Gasteiger partial charge in [-0.25, -0.2) is 4.39 Å². The lowest BCUT2D eigenvalue weighted by atomic mass is 10.1. The summed E-state index contributed by atoms with van der Waals surface area (Å²) in [6.45, 7) is 5.89. The minimum absolute atomic E-state index is 0.0940. The first-order chi connectivity index (χ1) is 9.61. The van der Waals surface area contributed by atoms with Gasteiger partial charge in [-0.05, 0) is 49.4 Å². The fraction of sp³-hybridized carbons (Fsp3) is 0.647. The number of nitrogens with zero attached hydrogens (tertiary/aromatic N) is 1. The maximum Gasteiger partial charge on any atom is 0.146 e. The molecule has 1 aliphatic rings. The topological polar surface area (TPSA) is 29.3 Å². The van der Waals surface area contributed by atoms with Crippen LogP contribution in [0.4, 0.5) is 10.1 Å². The largest absolute Gasteiger partial charge is 0.366 e. The molecule has 0 radical (unpaired) electrons. The van der Waals surface area contributed by atoms with Crippen molar-refractivity contribution in [3.8, 4) is 0 Å². The Morgan fingerprint density at radius 2 is 2.00 bits per heavy atom. The molecule has 0 heterocycles. The molecular weight excluding hydrogens is 251 g/mol. The van der Waals surface area contributed by atoms with Crippen molar-refractivity contribution in [1.82, 2.24) is 0 Å². The Kier molecular flexibility index (Phi) is 5.41. The van der Waals surface area contributed by atoms with Crippen molar-refractivity contribution >= 4 is 5.69 Å². The molecule has 1 saturated carbocycles. The van der Waals surface area contributed by atoms with Crippen molar-refractivity contribution in [3.63, 3.8) is 0 Å². The summed E-state index contributed by atoms with van der Waals surface area (Å²) in [6, 6.07) is 6.13. The van der Waals surface area contributed by atoms with Crippen LogP contribution in [0.25, 0.3) is 0 Å². The molecule has 0 amide bonds. The van der Waals surface area contributed by atoms with Crippen LogP contribution >= 0.6 is 0 Å². The Balaban J connectivity index is 2.23. The Labute approximate surface area is 122 Å². The molecule has 2 nitrogen and oxygen atoms in total. The Morgan fingerprint density at radius 1 is 1.30 bits per heavy atom. The molecule has 0 aromatic heterocycles. The van der Waals surface area contributed by atoms with Gasteiger partial charge < -0.3 is 10.6 Å². The summed E-state index contributed by atoms with van der Waals surface area (Å²) in [5, 5.41) is 0. The van der Waals surface area contributed by atoms with Gasteiger partial charge in [0, 0.05) is 12.6 Å². The fourth-order valence-corrected chi connectivity index (χ4v) is 3.16. The number of halogens is 1. The minimum atomic E-state index is -0.0940. The molecule has 0 atom stereocenters. The second-order valence-corrected chi connectivity index (χ2v) is 6.31. The summed E-state index contributed by atoms with van der Waals surface area (Å²) in [7, 11) is 0. The molecule has 2 N–H and O–H groups in total. The van der Waals surface area contributed by atoms with Crippen LogP contribution in [0.1, 0.15) is 45.1 Å². The third-order valence-electron chi connectivity index (χ3n) is 4.08. The number of nitrogens with two attached hydrogens (primary N) is 1. The van der Waals surface area contributed by atoms with Crippen molar-refractivity contribution in [2.75, 3.05) is 18.0 Å². The second-order valence-electron chi connectivity index (χ2n) is 6.31. The van der Waals surface area contributed by atoms with Gasteiger partial charge in [0.1, 0.15) is 5.82 Å². The first-order valence-electron chi connectivity index (χ1n) is 7.87.